The number of rotatable bonds is 9. The third kappa shape index (κ3) is 8.72. The summed E-state index contributed by atoms with van der Waals surface area (Å²) >= 11 is 0. The van der Waals surface area contributed by atoms with Crippen LogP contribution in [0.3, 0.4) is 0 Å². The van der Waals surface area contributed by atoms with E-state index >= 15 is 0 Å². The summed E-state index contributed by atoms with van der Waals surface area (Å²) in [5.41, 5.74) is 1.23. The predicted molar refractivity (Wildman–Crippen MR) is 125 cm³/mol. The van der Waals surface area contributed by atoms with Gasteiger partial charge in [0.15, 0.2) is 11.5 Å². The number of amides is 3. The molecule has 0 atom stereocenters. The summed E-state index contributed by atoms with van der Waals surface area (Å²) in [4.78, 5) is 36.2. The van der Waals surface area contributed by atoms with E-state index in [2.05, 4.69) is 16.0 Å². The Bertz CT molecular complexity index is 984. The Balaban J connectivity index is 1.85. The maximum absolute atomic E-state index is 12.6. The summed E-state index contributed by atoms with van der Waals surface area (Å²) in [6.07, 6.45) is -0.442. The Hall–Kier alpha value is -3.75. The minimum atomic E-state index is -0.591. The monoisotopic (exact) mass is 457 g/mol. The van der Waals surface area contributed by atoms with Crippen LogP contribution in [0.5, 0.6) is 11.5 Å². The van der Waals surface area contributed by atoms with Crippen molar-refractivity contribution in [3.8, 4) is 11.5 Å². The van der Waals surface area contributed by atoms with Gasteiger partial charge in [-0.1, -0.05) is 12.1 Å². The van der Waals surface area contributed by atoms with E-state index in [1.54, 1.807) is 57.2 Å². The average molecular weight is 458 g/mol. The van der Waals surface area contributed by atoms with Crippen molar-refractivity contribution in [2.24, 2.45) is 0 Å². The molecule has 0 fully saturated rings. The number of alkyl carbamates (subject to hydrolysis) is 1. The molecule has 2 aromatic rings. The van der Waals surface area contributed by atoms with Gasteiger partial charge in [0.05, 0.1) is 14.2 Å². The van der Waals surface area contributed by atoms with Crippen LogP contribution in [0.4, 0.5) is 10.5 Å². The van der Waals surface area contributed by atoms with Crippen LogP contribution < -0.4 is 25.4 Å². The molecule has 3 amide bonds. The molecule has 178 valence electrons. The smallest absolute Gasteiger partial charge is 0.407 e. The number of benzene rings is 2. The van der Waals surface area contributed by atoms with E-state index < -0.39 is 11.7 Å². The first-order valence-electron chi connectivity index (χ1n) is 10.5. The van der Waals surface area contributed by atoms with Crippen LogP contribution in [0.1, 0.15) is 43.1 Å². The number of hydrogen-bond donors (Lipinski definition) is 3. The normalized spacial score (nSPS) is 10.7. The molecule has 33 heavy (non-hydrogen) atoms. The molecule has 2 rings (SSSR count). The SMILES string of the molecule is COc1ccc(C(=O)Nc2cccc(CNC(=O)CCNC(=O)OC(C)(C)C)c2)cc1OC. The Morgan fingerprint density at radius 1 is 0.909 bits per heavy atom. The molecule has 0 unspecified atom stereocenters. The summed E-state index contributed by atoms with van der Waals surface area (Å²) in [7, 11) is 3.03. The van der Waals surface area contributed by atoms with Gasteiger partial charge in [-0.15, -0.1) is 0 Å². The largest absolute Gasteiger partial charge is 0.493 e. The quantitative estimate of drug-likeness (QED) is 0.531. The molecule has 0 aliphatic heterocycles. The minimum Gasteiger partial charge on any atom is -0.493 e. The summed E-state index contributed by atoms with van der Waals surface area (Å²) < 4.78 is 15.5. The molecule has 0 radical (unpaired) electrons. The lowest BCUT2D eigenvalue weighted by molar-refractivity contribution is -0.121. The van der Waals surface area contributed by atoms with Crippen LogP contribution in [0.2, 0.25) is 0 Å². The van der Waals surface area contributed by atoms with Gasteiger partial charge in [-0.3, -0.25) is 9.59 Å². The van der Waals surface area contributed by atoms with Gasteiger partial charge in [-0.05, 0) is 56.7 Å². The van der Waals surface area contributed by atoms with Gasteiger partial charge in [0.1, 0.15) is 5.60 Å². The first-order chi connectivity index (χ1) is 15.6. The molecule has 2 aromatic carbocycles. The topological polar surface area (TPSA) is 115 Å². The number of methoxy groups -OCH3 is 2. The van der Waals surface area contributed by atoms with E-state index in [9.17, 15) is 14.4 Å². The molecule has 0 aromatic heterocycles. The van der Waals surface area contributed by atoms with Crippen LogP contribution in [0.25, 0.3) is 0 Å². The van der Waals surface area contributed by atoms with Crippen molar-refractivity contribution < 1.29 is 28.6 Å². The van der Waals surface area contributed by atoms with Crippen LogP contribution in [-0.4, -0.2) is 44.3 Å². The Labute approximate surface area is 193 Å². The van der Waals surface area contributed by atoms with Gasteiger partial charge in [0, 0.05) is 30.8 Å². The molecule has 0 bridgehead atoms. The first kappa shape index (κ1) is 25.5. The van der Waals surface area contributed by atoms with Crippen LogP contribution in [0.15, 0.2) is 42.5 Å². The van der Waals surface area contributed by atoms with Crippen molar-refractivity contribution >= 4 is 23.6 Å². The molecule has 0 heterocycles. The molecular formula is C24H31N3O6. The molecule has 0 saturated heterocycles. The van der Waals surface area contributed by atoms with Crippen LogP contribution in [0, 0.1) is 0 Å². The lowest BCUT2D eigenvalue weighted by Crippen LogP contribution is -2.35. The van der Waals surface area contributed by atoms with Gasteiger partial charge in [-0.2, -0.15) is 0 Å². The first-order valence-corrected chi connectivity index (χ1v) is 10.5. The summed E-state index contributed by atoms with van der Waals surface area (Å²) in [5.74, 6) is 0.479. The van der Waals surface area contributed by atoms with E-state index in [-0.39, 0.29) is 31.3 Å². The third-order valence-corrected chi connectivity index (χ3v) is 4.34. The predicted octanol–water partition coefficient (Wildman–Crippen LogP) is 3.49. The third-order valence-electron chi connectivity index (χ3n) is 4.34. The van der Waals surface area contributed by atoms with Crippen molar-refractivity contribution in [3.63, 3.8) is 0 Å². The second kappa shape index (κ2) is 11.8. The molecule has 9 nitrogen and oxygen atoms in total. The fourth-order valence-electron chi connectivity index (χ4n) is 2.82. The Kier molecular flexibility index (Phi) is 9.08. The van der Waals surface area contributed by atoms with Gasteiger partial charge in [-0.25, -0.2) is 4.79 Å². The second-order valence-electron chi connectivity index (χ2n) is 8.18. The van der Waals surface area contributed by atoms with E-state index in [0.717, 1.165) is 5.56 Å². The maximum atomic E-state index is 12.6. The lowest BCUT2D eigenvalue weighted by Gasteiger charge is -2.19. The van der Waals surface area contributed by atoms with Crippen molar-refractivity contribution in [2.45, 2.75) is 39.3 Å². The highest BCUT2D eigenvalue weighted by molar-refractivity contribution is 6.04. The summed E-state index contributed by atoms with van der Waals surface area (Å²) in [5, 5.41) is 8.16. The van der Waals surface area contributed by atoms with Crippen molar-refractivity contribution in [1.29, 1.82) is 0 Å². The molecule has 0 aliphatic carbocycles. The highest BCUT2D eigenvalue weighted by atomic mass is 16.6. The van der Waals surface area contributed by atoms with Gasteiger partial charge >= 0.3 is 6.09 Å². The maximum Gasteiger partial charge on any atom is 0.407 e. The molecule has 0 spiro atoms. The molecule has 9 heteroatoms. The average Bonchev–Trinajstić information content (AvgIpc) is 2.76. The number of hydrogen-bond acceptors (Lipinski definition) is 6. The van der Waals surface area contributed by atoms with Gasteiger partial charge < -0.3 is 30.2 Å². The lowest BCUT2D eigenvalue weighted by atomic mass is 10.1. The minimum absolute atomic E-state index is 0.120. The van der Waals surface area contributed by atoms with Gasteiger partial charge in [0.2, 0.25) is 5.91 Å². The molecule has 0 aliphatic rings. The highest BCUT2D eigenvalue weighted by Gasteiger charge is 2.16. The standard InChI is InChI=1S/C24H31N3O6/c1-24(2,3)33-23(30)25-12-11-21(28)26-15-16-7-6-8-18(13-16)27-22(29)17-9-10-19(31-4)20(14-17)32-5/h6-10,13-14H,11-12,15H2,1-5H3,(H,25,30)(H,26,28)(H,27,29). The Morgan fingerprint density at radius 2 is 1.64 bits per heavy atom. The molecule has 0 saturated carbocycles. The van der Waals surface area contributed by atoms with Crippen LogP contribution in [-0.2, 0) is 16.1 Å². The van der Waals surface area contributed by atoms with E-state index in [1.807, 2.05) is 6.07 Å². The molecule has 3 N–H and O–H groups in total. The zero-order valence-electron chi connectivity index (χ0n) is 19.6. The zero-order valence-corrected chi connectivity index (χ0v) is 19.6. The number of carbonyl (C=O) groups is 3. The Morgan fingerprint density at radius 3 is 2.30 bits per heavy atom. The van der Waals surface area contributed by atoms with E-state index in [1.165, 1.54) is 14.2 Å². The van der Waals surface area contributed by atoms with E-state index in [0.29, 0.717) is 22.7 Å². The number of nitrogens with one attached hydrogen (secondary N) is 3. The second-order valence-corrected chi connectivity index (χ2v) is 8.18. The van der Waals surface area contributed by atoms with Crippen molar-refractivity contribution in [3.05, 3.63) is 53.6 Å². The van der Waals surface area contributed by atoms with E-state index in [4.69, 9.17) is 14.2 Å². The van der Waals surface area contributed by atoms with Crippen LogP contribution >= 0.6 is 0 Å². The fraction of sp³-hybridized carbons (Fsp3) is 0.375. The number of anilines is 1. The van der Waals surface area contributed by atoms with Crippen molar-refractivity contribution in [2.75, 3.05) is 26.1 Å². The van der Waals surface area contributed by atoms with Crippen molar-refractivity contribution in [1.82, 2.24) is 10.6 Å². The summed E-state index contributed by atoms with van der Waals surface area (Å²) in [6.45, 7) is 5.75. The number of carbonyl (C=O) groups excluding carboxylic acids is 3. The summed E-state index contributed by atoms with van der Waals surface area (Å²) in [6, 6.07) is 12.1. The fourth-order valence-corrected chi connectivity index (χ4v) is 2.82. The van der Waals surface area contributed by atoms with Gasteiger partial charge in [0.25, 0.3) is 5.91 Å². The zero-order chi connectivity index (χ0) is 24.4. The number of ether oxygens (including phenoxy) is 3. The highest BCUT2D eigenvalue weighted by Crippen LogP contribution is 2.28. The molecular weight excluding hydrogens is 426 g/mol.